The fraction of sp³-hybridized carbons (Fsp3) is 0.933. The van der Waals surface area contributed by atoms with Crippen molar-refractivity contribution in [1.29, 1.82) is 0 Å². The second kappa shape index (κ2) is 6.71. The standard InChI is InChI=1S/C15H28N2O2/c1-17-10-5-13(6-11-17)4-9-16-14(18)12-15(19)7-2-3-8-15/h13,19H,2-12H2,1H3,(H,16,18). The maximum atomic E-state index is 11.8. The van der Waals surface area contributed by atoms with Gasteiger partial charge >= 0.3 is 0 Å². The first kappa shape index (κ1) is 14.8. The predicted octanol–water partition coefficient (Wildman–Crippen LogP) is 1.53. The normalized spacial score (nSPS) is 24.5. The average molecular weight is 268 g/mol. The number of nitrogens with one attached hydrogen (secondary N) is 1. The molecule has 2 N–H and O–H groups in total. The van der Waals surface area contributed by atoms with Crippen LogP contribution in [0.3, 0.4) is 0 Å². The quantitative estimate of drug-likeness (QED) is 0.795. The molecular weight excluding hydrogens is 240 g/mol. The molecule has 1 aliphatic heterocycles. The van der Waals surface area contributed by atoms with E-state index >= 15 is 0 Å². The van der Waals surface area contributed by atoms with Crippen molar-refractivity contribution in [3.8, 4) is 0 Å². The lowest BCUT2D eigenvalue weighted by molar-refractivity contribution is -0.125. The number of hydrogen-bond acceptors (Lipinski definition) is 3. The Hall–Kier alpha value is -0.610. The molecule has 0 aromatic rings. The molecule has 0 spiro atoms. The van der Waals surface area contributed by atoms with Gasteiger partial charge in [0.05, 0.1) is 12.0 Å². The molecule has 0 bridgehead atoms. The first-order valence-corrected chi connectivity index (χ1v) is 7.75. The maximum Gasteiger partial charge on any atom is 0.222 e. The third-order valence-corrected chi connectivity index (χ3v) is 4.74. The van der Waals surface area contributed by atoms with Gasteiger partial charge in [-0.3, -0.25) is 4.79 Å². The van der Waals surface area contributed by atoms with Gasteiger partial charge in [0.1, 0.15) is 0 Å². The summed E-state index contributed by atoms with van der Waals surface area (Å²) in [7, 11) is 2.17. The number of likely N-dealkylation sites (tertiary alicyclic amines) is 1. The molecule has 1 saturated heterocycles. The fourth-order valence-electron chi connectivity index (χ4n) is 3.34. The van der Waals surface area contributed by atoms with Crippen LogP contribution in [0.15, 0.2) is 0 Å². The van der Waals surface area contributed by atoms with Gasteiger partial charge in [-0.15, -0.1) is 0 Å². The summed E-state index contributed by atoms with van der Waals surface area (Å²) in [6, 6.07) is 0. The highest BCUT2D eigenvalue weighted by atomic mass is 16.3. The Kier molecular flexibility index (Phi) is 5.22. The molecule has 0 atom stereocenters. The van der Waals surface area contributed by atoms with Crippen molar-refractivity contribution in [3.63, 3.8) is 0 Å². The number of carbonyl (C=O) groups excluding carboxylic acids is 1. The van der Waals surface area contributed by atoms with Crippen molar-refractivity contribution < 1.29 is 9.90 Å². The van der Waals surface area contributed by atoms with Crippen LogP contribution >= 0.6 is 0 Å². The van der Waals surface area contributed by atoms with E-state index in [0.717, 1.165) is 44.6 Å². The van der Waals surface area contributed by atoms with Gasteiger partial charge in [-0.05, 0) is 58.2 Å². The zero-order valence-electron chi connectivity index (χ0n) is 12.2. The van der Waals surface area contributed by atoms with Crippen molar-refractivity contribution in [1.82, 2.24) is 10.2 Å². The van der Waals surface area contributed by atoms with Gasteiger partial charge in [0.25, 0.3) is 0 Å². The molecule has 2 rings (SSSR count). The van der Waals surface area contributed by atoms with E-state index in [0.29, 0.717) is 6.42 Å². The van der Waals surface area contributed by atoms with E-state index in [4.69, 9.17) is 0 Å². The second-order valence-electron chi connectivity index (χ2n) is 6.49. The van der Waals surface area contributed by atoms with Gasteiger partial charge < -0.3 is 15.3 Å². The molecule has 0 aromatic heterocycles. The van der Waals surface area contributed by atoms with Crippen LogP contribution in [0.1, 0.15) is 51.4 Å². The van der Waals surface area contributed by atoms with Crippen LogP contribution in [-0.4, -0.2) is 48.2 Å². The minimum atomic E-state index is -0.711. The van der Waals surface area contributed by atoms with Crippen LogP contribution in [0.25, 0.3) is 0 Å². The highest BCUT2D eigenvalue weighted by Gasteiger charge is 2.33. The van der Waals surface area contributed by atoms with Crippen LogP contribution in [0.4, 0.5) is 0 Å². The first-order valence-electron chi connectivity index (χ1n) is 7.75. The Morgan fingerprint density at radius 2 is 1.95 bits per heavy atom. The van der Waals surface area contributed by atoms with Crippen molar-refractivity contribution in [2.24, 2.45) is 5.92 Å². The van der Waals surface area contributed by atoms with Gasteiger partial charge in [0, 0.05) is 6.54 Å². The van der Waals surface area contributed by atoms with E-state index in [1.54, 1.807) is 0 Å². The third-order valence-electron chi connectivity index (χ3n) is 4.74. The Morgan fingerprint density at radius 3 is 2.58 bits per heavy atom. The summed E-state index contributed by atoms with van der Waals surface area (Å²) in [5.74, 6) is 0.781. The molecule has 2 aliphatic rings. The average Bonchev–Trinajstić information content (AvgIpc) is 2.78. The Bertz CT molecular complexity index is 293. The number of nitrogens with zero attached hydrogens (tertiary/aromatic N) is 1. The highest BCUT2D eigenvalue weighted by molar-refractivity contribution is 5.77. The predicted molar refractivity (Wildman–Crippen MR) is 75.9 cm³/mol. The molecule has 0 unspecified atom stereocenters. The van der Waals surface area contributed by atoms with E-state index in [1.165, 1.54) is 25.9 Å². The minimum absolute atomic E-state index is 0.0253. The second-order valence-corrected chi connectivity index (χ2v) is 6.49. The first-order chi connectivity index (χ1) is 9.07. The molecule has 19 heavy (non-hydrogen) atoms. The molecule has 0 radical (unpaired) electrons. The highest BCUT2D eigenvalue weighted by Crippen LogP contribution is 2.32. The molecule has 1 aliphatic carbocycles. The molecular formula is C15H28N2O2. The largest absolute Gasteiger partial charge is 0.389 e. The van der Waals surface area contributed by atoms with Crippen molar-refractivity contribution in [3.05, 3.63) is 0 Å². The Morgan fingerprint density at radius 1 is 1.32 bits per heavy atom. The molecule has 0 aromatic carbocycles. The molecule has 4 nitrogen and oxygen atoms in total. The number of hydrogen-bond donors (Lipinski definition) is 2. The van der Waals surface area contributed by atoms with Gasteiger partial charge in [-0.1, -0.05) is 12.8 Å². The summed E-state index contributed by atoms with van der Waals surface area (Å²) in [4.78, 5) is 14.2. The molecule has 110 valence electrons. The molecule has 2 fully saturated rings. The zero-order valence-corrected chi connectivity index (χ0v) is 12.2. The molecule has 1 amide bonds. The van der Waals surface area contributed by atoms with E-state index in [2.05, 4.69) is 17.3 Å². The van der Waals surface area contributed by atoms with Crippen LogP contribution in [0, 0.1) is 5.92 Å². The van der Waals surface area contributed by atoms with Gasteiger partial charge in [0.15, 0.2) is 0 Å². The van der Waals surface area contributed by atoms with Crippen LogP contribution < -0.4 is 5.32 Å². The minimum Gasteiger partial charge on any atom is -0.389 e. The van der Waals surface area contributed by atoms with Crippen molar-refractivity contribution in [2.75, 3.05) is 26.7 Å². The SMILES string of the molecule is CN1CCC(CCNC(=O)CC2(O)CCCC2)CC1. The number of carbonyl (C=O) groups is 1. The maximum absolute atomic E-state index is 11.8. The van der Waals surface area contributed by atoms with Crippen LogP contribution in [-0.2, 0) is 4.79 Å². The Labute approximate surface area is 116 Å². The van der Waals surface area contributed by atoms with E-state index in [-0.39, 0.29) is 5.91 Å². The summed E-state index contributed by atoms with van der Waals surface area (Å²) < 4.78 is 0. The van der Waals surface area contributed by atoms with E-state index in [9.17, 15) is 9.90 Å². The fourth-order valence-corrected chi connectivity index (χ4v) is 3.34. The summed E-state index contributed by atoms with van der Waals surface area (Å²) in [5, 5.41) is 13.2. The zero-order chi connectivity index (χ0) is 13.7. The number of amides is 1. The Balaban J connectivity index is 1.59. The van der Waals surface area contributed by atoms with Gasteiger partial charge in [-0.25, -0.2) is 0 Å². The summed E-state index contributed by atoms with van der Waals surface area (Å²) in [6.45, 7) is 3.13. The smallest absolute Gasteiger partial charge is 0.222 e. The lowest BCUT2D eigenvalue weighted by Crippen LogP contribution is -2.36. The van der Waals surface area contributed by atoms with Crippen molar-refractivity contribution >= 4 is 5.91 Å². The van der Waals surface area contributed by atoms with Crippen LogP contribution in [0.2, 0.25) is 0 Å². The van der Waals surface area contributed by atoms with E-state index in [1.807, 2.05) is 0 Å². The third kappa shape index (κ3) is 4.77. The summed E-state index contributed by atoms with van der Waals surface area (Å²) in [5.41, 5.74) is -0.711. The van der Waals surface area contributed by atoms with E-state index < -0.39 is 5.60 Å². The topological polar surface area (TPSA) is 52.6 Å². The lowest BCUT2D eigenvalue weighted by Gasteiger charge is -2.29. The lowest BCUT2D eigenvalue weighted by atomic mass is 9.93. The number of rotatable bonds is 5. The number of piperidine rings is 1. The molecule has 4 heteroatoms. The molecule has 1 saturated carbocycles. The monoisotopic (exact) mass is 268 g/mol. The van der Waals surface area contributed by atoms with Gasteiger partial charge in [-0.2, -0.15) is 0 Å². The van der Waals surface area contributed by atoms with Crippen molar-refractivity contribution in [2.45, 2.75) is 57.0 Å². The summed E-state index contributed by atoms with van der Waals surface area (Å²) in [6.07, 6.45) is 7.55. The van der Waals surface area contributed by atoms with Gasteiger partial charge in [0.2, 0.25) is 5.91 Å². The number of aliphatic hydroxyl groups is 1. The summed E-state index contributed by atoms with van der Waals surface area (Å²) >= 11 is 0. The van der Waals surface area contributed by atoms with Crippen LogP contribution in [0.5, 0.6) is 0 Å². The molecule has 1 heterocycles.